The summed E-state index contributed by atoms with van der Waals surface area (Å²) in [5.74, 6) is 0. The van der Waals surface area contributed by atoms with Crippen LogP contribution in [0.2, 0.25) is 0 Å². The number of aryl methyl sites for hydroxylation is 2. The summed E-state index contributed by atoms with van der Waals surface area (Å²) in [6.07, 6.45) is 2.11. The van der Waals surface area contributed by atoms with Crippen LogP contribution in [0, 0.1) is 6.92 Å². The molecule has 1 aromatic heterocycles. The Kier molecular flexibility index (Phi) is 4.56. The van der Waals surface area contributed by atoms with Crippen LogP contribution >= 0.6 is 11.3 Å². The van der Waals surface area contributed by atoms with Crippen molar-refractivity contribution in [3.63, 3.8) is 0 Å². The molecule has 0 radical (unpaired) electrons. The van der Waals surface area contributed by atoms with Gasteiger partial charge in [-0.15, -0.1) is 0 Å². The van der Waals surface area contributed by atoms with Crippen molar-refractivity contribution in [2.45, 2.75) is 33.2 Å². The minimum Gasteiger partial charge on any atom is -0.326 e. The smallest absolute Gasteiger partial charge is 0.190 e. The number of aromatic nitrogens is 1. The third-order valence-electron chi connectivity index (χ3n) is 3.15. The fraction of sp³-hybridized carbons (Fsp3) is 0.400. The van der Waals surface area contributed by atoms with Gasteiger partial charge in [-0.1, -0.05) is 42.4 Å². The number of rotatable bonds is 5. The van der Waals surface area contributed by atoms with Crippen molar-refractivity contribution in [2.24, 2.45) is 5.73 Å². The molecule has 102 valence electrons. The van der Waals surface area contributed by atoms with Gasteiger partial charge in [0.1, 0.15) is 0 Å². The Labute approximate surface area is 119 Å². The monoisotopic (exact) mass is 275 g/mol. The molecule has 0 atom stereocenters. The van der Waals surface area contributed by atoms with E-state index in [4.69, 9.17) is 10.7 Å². The number of hydrogen-bond acceptors (Lipinski definition) is 4. The first-order chi connectivity index (χ1) is 9.15. The molecule has 0 unspecified atom stereocenters. The van der Waals surface area contributed by atoms with Crippen molar-refractivity contribution in [1.82, 2.24) is 4.98 Å². The summed E-state index contributed by atoms with van der Waals surface area (Å²) < 4.78 is 0. The highest BCUT2D eigenvalue weighted by Crippen LogP contribution is 2.31. The molecule has 2 rings (SSSR count). The molecule has 2 N–H and O–H groups in total. The molecule has 2 aromatic rings. The average molecular weight is 275 g/mol. The first-order valence-corrected chi connectivity index (χ1v) is 7.46. The van der Waals surface area contributed by atoms with Crippen LogP contribution in [0.25, 0.3) is 0 Å². The van der Waals surface area contributed by atoms with Gasteiger partial charge in [0.2, 0.25) is 0 Å². The van der Waals surface area contributed by atoms with E-state index in [1.807, 2.05) is 0 Å². The second kappa shape index (κ2) is 6.17. The van der Waals surface area contributed by atoms with Gasteiger partial charge in [-0.05, 0) is 25.5 Å². The molecule has 0 aliphatic carbocycles. The highest BCUT2D eigenvalue weighted by atomic mass is 32.1. The topological polar surface area (TPSA) is 42.2 Å². The van der Waals surface area contributed by atoms with Crippen LogP contribution in [0.1, 0.15) is 29.5 Å². The third-order valence-corrected chi connectivity index (χ3v) is 4.34. The Morgan fingerprint density at radius 2 is 1.95 bits per heavy atom. The van der Waals surface area contributed by atoms with E-state index in [1.54, 1.807) is 11.3 Å². The van der Waals surface area contributed by atoms with Crippen molar-refractivity contribution in [2.75, 3.05) is 11.9 Å². The lowest BCUT2D eigenvalue weighted by Crippen LogP contribution is -2.09. The molecule has 3 nitrogen and oxygen atoms in total. The summed E-state index contributed by atoms with van der Waals surface area (Å²) in [6, 6.07) is 8.49. The van der Waals surface area contributed by atoms with E-state index in [0.29, 0.717) is 6.54 Å². The Morgan fingerprint density at radius 1 is 1.26 bits per heavy atom. The van der Waals surface area contributed by atoms with Gasteiger partial charge in [-0.2, -0.15) is 0 Å². The molecule has 0 aliphatic heterocycles. The number of benzene rings is 1. The minimum atomic E-state index is 0.578. The Balaban J connectivity index is 2.28. The van der Waals surface area contributed by atoms with Crippen LogP contribution in [0.3, 0.4) is 0 Å². The summed E-state index contributed by atoms with van der Waals surface area (Å²) in [4.78, 5) is 8.07. The van der Waals surface area contributed by atoms with Crippen LogP contribution in [-0.2, 0) is 13.0 Å². The first-order valence-electron chi connectivity index (χ1n) is 6.64. The van der Waals surface area contributed by atoms with E-state index >= 15 is 0 Å². The van der Waals surface area contributed by atoms with Gasteiger partial charge in [-0.3, -0.25) is 0 Å². The highest BCUT2D eigenvalue weighted by molar-refractivity contribution is 7.15. The predicted octanol–water partition coefficient (Wildman–Crippen LogP) is 3.63. The van der Waals surface area contributed by atoms with Gasteiger partial charge in [0.05, 0.1) is 5.69 Å². The van der Waals surface area contributed by atoms with Gasteiger partial charge in [0.25, 0.3) is 0 Å². The quantitative estimate of drug-likeness (QED) is 0.906. The predicted molar refractivity (Wildman–Crippen MR) is 83.2 cm³/mol. The van der Waals surface area contributed by atoms with E-state index in [1.165, 1.54) is 10.4 Å². The zero-order chi connectivity index (χ0) is 13.8. The molecule has 0 amide bonds. The van der Waals surface area contributed by atoms with Crippen molar-refractivity contribution >= 4 is 22.2 Å². The van der Waals surface area contributed by atoms with E-state index < -0.39 is 0 Å². The van der Waals surface area contributed by atoms with Crippen molar-refractivity contribution in [3.8, 4) is 0 Å². The zero-order valence-corrected chi connectivity index (χ0v) is 12.6. The number of nitrogens with two attached hydrogens (primary N) is 1. The van der Waals surface area contributed by atoms with Crippen LogP contribution < -0.4 is 10.6 Å². The Bertz CT molecular complexity index is 531. The molecule has 19 heavy (non-hydrogen) atoms. The lowest BCUT2D eigenvalue weighted by Gasteiger charge is -2.15. The molecule has 0 fully saturated rings. The van der Waals surface area contributed by atoms with E-state index in [0.717, 1.165) is 29.4 Å². The van der Waals surface area contributed by atoms with Crippen molar-refractivity contribution in [1.29, 1.82) is 0 Å². The van der Waals surface area contributed by atoms with Gasteiger partial charge >= 0.3 is 0 Å². The molecule has 0 spiro atoms. The maximum atomic E-state index is 5.80. The third kappa shape index (κ3) is 3.14. The summed E-state index contributed by atoms with van der Waals surface area (Å²) in [7, 11) is 2.06. The molecular weight excluding hydrogens is 254 g/mol. The van der Waals surface area contributed by atoms with Crippen LogP contribution in [-0.4, -0.2) is 12.0 Å². The fourth-order valence-corrected chi connectivity index (χ4v) is 2.95. The normalized spacial score (nSPS) is 10.7. The zero-order valence-electron chi connectivity index (χ0n) is 11.8. The minimum absolute atomic E-state index is 0.578. The van der Waals surface area contributed by atoms with Crippen LogP contribution in [0.4, 0.5) is 10.8 Å². The highest BCUT2D eigenvalue weighted by Gasteiger charge is 2.13. The summed E-state index contributed by atoms with van der Waals surface area (Å²) in [5.41, 5.74) is 9.39. The molecule has 1 heterocycles. The molecule has 0 saturated heterocycles. The van der Waals surface area contributed by atoms with Gasteiger partial charge in [-0.25, -0.2) is 4.98 Å². The standard InChI is InChI=1S/C15H21N3S/c1-4-5-13-14(10-16)19-15(17-13)18(3)12-8-6-11(2)7-9-12/h6-9H,4-5,10,16H2,1-3H3. The van der Waals surface area contributed by atoms with Gasteiger partial charge < -0.3 is 10.6 Å². The maximum absolute atomic E-state index is 5.80. The van der Waals surface area contributed by atoms with E-state index in [-0.39, 0.29) is 0 Å². The molecule has 0 bridgehead atoms. The largest absolute Gasteiger partial charge is 0.326 e. The number of nitrogens with zero attached hydrogens (tertiary/aromatic N) is 2. The maximum Gasteiger partial charge on any atom is 0.190 e. The van der Waals surface area contributed by atoms with E-state index in [9.17, 15) is 0 Å². The lowest BCUT2D eigenvalue weighted by atomic mass is 10.2. The molecule has 4 heteroatoms. The number of anilines is 2. The molecule has 0 saturated carbocycles. The summed E-state index contributed by atoms with van der Waals surface area (Å²) in [5, 5.41) is 1.02. The van der Waals surface area contributed by atoms with E-state index in [2.05, 4.69) is 50.1 Å². The SMILES string of the molecule is CCCc1nc(N(C)c2ccc(C)cc2)sc1CN. The molecule has 0 aliphatic rings. The Morgan fingerprint density at radius 3 is 2.53 bits per heavy atom. The Hall–Kier alpha value is -1.39. The average Bonchev–Trinajstić information content (AvgIpc) is 2.82. The molecular formula is C15H21N3S. The number of hydrogen-bond donors (Lipinski definition) is 1. The summed E-state index contributed by atoms with van der Waals surface area (Å²) >= 11 is 1.70. The van der Waals surface area contributed by atoms with Gasteiger partial charge in [0, 0.05) is 24.2 Å². The first kappa shape index (κ1) is 14.0. The molecule has 1 aromatic carbocycles. The van der Waals surface area contributed by atoms with Crippen LogP contribution in [0.5, 0.6) is 0 Å². The fourth-order valence-electron chi connectivity index (χ4n) is 1.98. The second-order valence-corrected chi connectivity index (χ2v) is 5.78. The second-order valence-electron chi connectivity index (χ2n) is 4.72. The lowest BCUT2D eigenvalue weighted by molar-refractivity contribution is 0.869. The van der Waals surface area contributed by atoms with Crippen molar-refractivity contribution in [3.05, 3.63) is 40.4 Å². The van der Waals surface area contributed by atoms with Crippen molar-refractivity contribution < 1.29 is 0 Å². The van der Waals surface area contributed by atoms with Crippen LogP contribution in [0.15, 0.2) is 24.3 Å². The van der Waals surface area contributed by atoms with Gasteiger partial charge in [0.15, 0.2) is 5.13 Å². The number of thiazole rings is 1. The summed E-state index contributed by atoms with van der Waals surface area (Å²) in [6.45, 7) is 4.84.